The predicted molar refractivity (Wildman–Crippen MR) is 65.8 cm³/mol. The maximum absolute atomic E-state index is 4.51. The SMILES string of the molecule is Cn1c(NC2CCNCC2)nc2cncnc21. The van der Waals surface area contributed by atoms with Gasteiger partial charge in [-0.3, -0.25) is 4.57 Å². The van der Waals surface area contributed by atoms with Crippen molar-refractivity contribution < 1.29 is 0 Å². The molecule has 90 valence electrons. The standard InChI is InChI=1S/C11H16N6/c1-17-10-9(6-13-7-14-10)16-11(17)15-8-2-4-12-5-3-8/h6-8,12H,2-5H2,1H3,(H,15,16). The van der Waals surface area contributed by atoms with Gasteiger partial charge in [-0.1, -0.05) is 0 Å². The van der Waals surface area contributed by atoms with Crippen LogP contribution in [0.3, 0.4) is 0 Å². The van der Waals surface area contributed by atoms with Crippen molar-refractivity contribution in [3.8, 4) is 0 Å². The first kappa shape index (κ1) is 10.5. The minimum Gasteiger partial charge on any atom is -0.353 e. The molecule has 1 aliphatic heterocycles. The second-order valence-electron chi connectivity index (χ2n) is 4.39. The summed E-state index contributed by atoms with van der Waals surface area (Å²) in [6.45, 7) is 2.14. The van der Waals surface area contributed by atoms with Crippen LogP contribution in [0.1, 0.15) is 12.8 Å². The number of aryl methyl sites for hydroxylation is 1. The monoisotopic (exact) mass is 232 g/mol. The topological polar surface area (TPSA) is 67.7 Å². The molecule has 0 aliphatic carbocycles. The summed E-state index contributed by atoms with van der Waals surface area (Å²) in [6.07, 6.45) is 5.57. The number of hydrogen-bond acceptors (Lipinski definition) is 5. The number of aromatic nitrogens is 4. The van der Waals surface area contributed by atoms with Gasteiger partial charge in [0, 0.05) is 13.1 Å². The number of anilines is 1. The van der Waals surface area contributed by atoms with E-state index in [1.807, 2.05) is 11.6 Å². The van der Waals surface area contributed by atoms with Gasteiger partial charge < -0.3 is 10.6 Å². The molecule has 0 saturated carbocycles. The van der Waals surface area contributed by atoms with Crippen molar-refractivity contribution >= 4 is 17.1 Å². The molecule has 0 radical (unpaired) electrons. The van der Waals surface area contributed by atoms with Crippen LogP contribution in [-0.2, 0) is 7.05 Å². The van der Waals surface area contributed by atoms with Crippen LogP contribution in [-0.4, -0.2) is 38.7 Å². The van der Waals surface area contributed by atoms with Gasteiger partial charge in [0.05, 0.1) is 6.20 Å². The van der Waals surface area contributed by atoms with Gasteiger partial charge in [0.2, 0.25) is 5.95 Å². The van der Waals surface area contributed by atoms with Crippen LogP contribution in [0.15, 0.2) is 12.5 Å². The summed E-state index contributed by atoms with van der Waals surface area (Å²) in [5.74, 6) is 0.882. The quantitative estimate of drug-likeness (QED) is 0.790. The van der Waals surface area contributed by atoms with E-state index in [0.717, 1.165) is 43.0 Å². The van der Waals surface area contributed by atoms with Crippen LogP contribution < -0.4 is 10.6 Å². The molecule has 0 amide bonds. The zero-order valence-corrected chi connectivity index (χ0v) is 9.85. The molecule has 17 heavy (non-hydrogen) atoms. The molecule has 2 aromatic rings. The summed E-state index contributed by atoms with van der Waals surface area (Å²) in [7, 11) is 1.98. The second-order valence-corrected chi connectivity index (χ2v) is 4.39. The minimum atomic E-state index is 0.500. The Bertz CT molecular complexity index is 514. The Balaban J connectivity index is 1.87. The van der Waals surface area contributed by atoms with Crippen molar-refractivity contribution in [2.24, 2.45) is 7.05 Å². The summed E-state index contributed by atoms with van der Waals surface area (Å²) in [5, 5.41) is 6.83. The summed E-state index contributed by atoms with van der Waals surface area (Å²) < 4.78 is 1.99. The zero-order chi connectivity index (χ0) is 11.7. The van der Waals surface area contributed by atoms with Gasteiger partial charge in [0.15, 0.2) is 5.65 Å². The van der Waals surface area contributed by atoms with Crippen LogP contribution in [0, 0.1) is 0 Å². The van der Waals surface area contributed by atoms with Crippen LogP contribution in [0.25, 0.3) is 11.2 Å². The molecular weight excluding hydrogens is 216 g/mol. The normalized spacial score (nSPS) is 17.5. The lowest BCUT2D eigenvalue weighted by Gasteiger charge is -2.23. The third-order valence-electron chi connectivity index (χ3n) is 3.21. The number of piperidine rings is 1. The Morgan fingerprint density at radius 2 is 2.24 bits per heavy atom. The first-order valence-corrected chi connectivity index (χ1v) is 5.94. The summed E-state index contributed by atoms with van der Waals surface area (Å²) >= 11 is 0. The zero-order valence-electron chi connectivity index (χ0n) is 9.85. The lowest BCUT2D eigenvalue weighted by atomic mass is 10.1. The summed E-state index contributed by atoms with van der Waals surface area (Å²) in [4.78, 5) is 12.7. The first-order valence-electron chi connectivity index (χ1n) is 5.94. The lowest BCUT2D eigenvalue weighted by Crippen LogP contribution is -2.35. The Morgan fingerprint density at radius 1 is 1.41 bits per heavy atom. The number of fused-ring (bicyclic) bond motifs is 1. The molecule has 1 saturated heterocycles. The highest BCUT2D eigenvalue weighted by molar-refractivity contribution is 5.73. The number of nitrogens with zero attached hydrogens (tertiary/aromatic N) is 4. The Morgan fingerprint density at radius 3 is 3.00 bits per heavy atom. The highest BCUT2D eigenvalue weighted by Gasteiger charge is 2.16. The van der Waals surface area contributed by atoms with E-state index in [0.29, 0.717) is 6.04 Å². The van der Waals surface area contributed by atoms with E-state index in [1.54, 1.807) is 12.5 Å². The van der Waals surface area contributed by atoms with Crippen molar-refractivity contribution in [3.05, 3.63) is 12.5 Å². The Kier molecular flexibility index (Phi) is 2.64. The van der Waals surface area contributed by atoms with Gasteiger partial charge in [0.25, 0.3) is 0 Å². The molecule has 0 unspecified atom stereocenters. The fourth-order valence-corrected chi connectivity index (χ4v) is 2.22. The van der Waals surface area contributed by atoms with Gasteiger partial charge in [-0.25, -0.2) is 15.0 Å². The van der Waals surface area contributed by atoms with Crippen LogP contribution >= 0.6 is 0 Å². The number of rotatable bonds is 2. The molecule has 0 bridgehead atoms. The molecule has 6 nitrogen and oxygen atoms in total. The Labute approximate surface area is 99.5 Å². The van der Waals surface area contributed by atoms with Crippen molar-refractivity contribution in [1.82, 2.24) is 24.8 Å². The maximum atomic E-state index is 4.51. The minimum absolute atomic E-state index is 0.500. The van der Waals surface area contributed by atoms with Crippen molar-refractivity contribution in [2.45, 2.75) is 18.9 Å². The Hall–Kier alpha value is -1.69. The van der Waals surface area contributed by atoms with E-state index < -0.39 is 0 Å². The van der Waals surface area contributed by atoms with Gasteiger partial charge in [-0.15, -0.1) is 0 Å². The van der Waals surface area contributed by atoms with Crippen LogP contribution in [0.5, 0.6) is 0 Å². The molecular formula is C11H16N6. The van der Waals surface area contributed by atoms with E-state index in [2.05, 4.69) is 25.6 Å². The summed E-state index contributed by atoms with van der Waals surface area (Å²) in [5.41, 5.74) is 1.71. The second kappa shape index (κ2) is 4.29. The fraction of sp³-hybridized carbons (Fsp3) is 0.545. The molecule has 2 aromatic heterocycles. The molecule has 2 N–H and O–H groups in total. The maximum Gasteiger partial charge on any atom is 0.205 e. The van der Waals surface area contributed by atoms with Gasteiger partial charge in [0.1, 0.15) is 11.8 Å². The molecule has 0 atom stereocenters. The summed E-state index contributed by atoms with van der Waals surface area (Å²) in [6, 6.07) is 0.500. The van der Waals surface area contributed by atoms with Crippen molar-refractivity contribution in [2.75, 3.05) is 18.4 Å². The molecule has 3 heterocycles. The predicted octanol–water partition coefficient (Wildman–Crippen LogP) is 0.527. The average Bonchev–Trinajstić information content (AvgIpc) is 2.68. The third kappa shape index (κ3) is 1.95. The third-order valence-corrected chi connectivity index (χ3v) is 3.21. The van der Waals surface area contributed by atoms with Crippen LogP contribution in [0.2, 0.25) is 0 Å². The highest BCUT2D eigenvalue weighted by atomic mass is 15.2. The lowest BCUT2D eigenvalue weighted by molar-refractivity contribution is 0.476. The molecule has 3 rings (SSSR count). The van der Waals surface area contributed by atoms with Crippen molar-refractivity contribution in [3.63, 3.8) is 0 Å². The largest absolute Gasteiger partial charge is 0.353 e. The van der Waals surface area contributed by atoms with Crippen LogP contribution in [0.4, 0.5) is 5.95 Å². The highest BCUT2D eigenvalue weighted by Crippen LogP contribution is 2.17. The fourth-order valence-electron chi connectivity index (χ4n) is 2.22. The molecule has 6 heteroatoms. The average molecular weight is 232 g/mol. The first-order chi connectivity index (χ1) is 8.34. The van der Waals surface area contributed by atoms with Gasteiger partial charge >= 0.3 is 0 Å². The number of imidazole rings is 1. The van der Waals surface area contributed by atoms with E-state index in [1.165, 1.54) is 0 Å². The van der Waals surface area contributed by atoms with Crippen molar-refractivity contribution in [1.29, 1.82) is 0 Å². The molecule has 1 fully saturated rings. The molecule has 0 spiro atoms. The molecule has 1 aliphatic rings. The molecule has 0 aromatic carbocycles. The van der Waals surface area contributed by atoms with Gasteiger partial charge in [-0.2, -0.15) is 0 Å². The smallest absolute Gasteiger partial charge is 0.205 e. The van der Waals surface area contributed by atoms with E-state index >= 15 is 0 Å². The van der Waals surface area contributed by atoms with E-state index in [-0.39, 0.29) is 0 Å². The number of hydrogen-bond donors (Lipinski definition) is 2. The van der Waals surface area contributed by atoms with E-state index in [4.69, 9.17) is 0 Å². The number of nitrogens with one attached hydrogen (secondary N) is 2. The van der Waals surface area contributed by atoms with E-state index in [9.17, 15) is 0 Å². The van der Waals surface area contributed by atoms with Gasteiger partial charge in [-0.05, 0) is 25.9 Å².